The number of hydrogen-bond acceptors (Lipinski definition) is 2. The fourth-order valence-electron chi connectivity index (χ4n) is 2.43. The zero-order chi connectivity index (χ0) is 15.6. The molecule has 2 N–H and O–H groups in total. The average molecular weight is 294 g/mol. The van der Waals surface area contributed by atoms with Gasteiger partial charge in [0.15, 0.2) is 0 Å². The molecule has 0 aliphatic heterocycles. The first-order valence-electron chi connectivity index (χ1n) is 7.35. The van der Waals surface area contributed by atoms with Crippen molar-refractivity contribution in [3.63, 3.8) is 0 Å². The molecule has 2 amide bonds. The second kappa shape index (κ2) is 5.64. The predicted octanol–water partition coefficient (Wildman–Crippen LogP) is 3.35. The Balaban J connectivity index is 1.70. The van der Waals surface area contributed by atoms with Gasteiger partial charge in [0.05, 0.1) is 0 Å². The Bertz CT molecular complexity index is 706. The van der Waals surface area contributed by atoms with Crippen molar-refractivity contribution in [1.82, 2.24) is 0 Å². The zero-order valence-corrected chi connectivity index (χ0v) is 12.4. The van der Waals surface area contributed by atoms with Crippen LogP contribution in [0.5, 0.6) is 0 Å². The minimum Gasteiger partial charge on any atom is -0.325 e. The lowest BCUT2D eigenvalue weighted by atomic mass is 10.0. The summed E-state index contributed by atoms with van der Waals surface area (Å²) in [6.07, 6.45) is 1.17. The van der Waals surface area contributed by atoms with Gasteiger partial charge in [0.25, 0.3) is 0 Å². The van der Waals surface area contributed by atoms with Gasteiger partial charge < -0.3 is 10.6 Å². The molecule has 0 spiro atoms. The Hall–Kier alpha value is -2.62. The molecule has 22 heavy (non-hydrogen) atoms. The van der Waals surface area contributed by atoms with E-state index in [1.54, 1.807) is 0 Å². The summed E-state index contributed by atoms with van der Waals surface area (Å²) in [5.74, 6) is -0.463. The van der Waals surface area contributed by atoms with Gasteiger partial charge in [-0.25, -0.2) is 0 Å². The Labute approximate surface area is 129 Å². The van der Waals surface area contributed by atoms with Gasteiger partial charge in [-0.3, -0.25) is 9.59 Å². The van der Waals surface area contributed by atoms with Gasteiger partial charge in [-0.15, -0.1) is 0 Å². The number of amides is 2. The summed E-state index contributed by atoms with van der Waals surface area (Å²) >= 11 is 0. The Morgan fingerprint density at radius 3 is 2.05 bits per heavy atom. The van der Waals surface area contributed by atoms with E-state index in [2.05, 4.69) is 10.6 Å². The number of hydrogen-bond donors (Lipinski definition) is 2. The molecule has 0 saturated heterocycles. The normalized spacial score (nSPS) is 15.0. The highest BCUT2D eigenvalue weighted by molar-refractivity contribution is 6.16. The topological polar surface area (TPSA) is 58.2 Å². The van der Waals surface area contributed by atoms with Crippen LogP contribution in [0.4, 0.5) is 11.4 Å². The maximum absolute atomic E-state index is 12.5. The smallest absolute Gasteiger partial charge is 0.240 e. The third-order valence-electron chi connectivity index (χ3n) is 3.93. The minimum absolute atomic E-state index is 0.230. The molecule has 4 heteroatoms. The van der Waals surface area contributed by atoms with E-state index in [1.165, 1.54) is 0 Å². The van der Waals surface area contributed by atoms with E-state index < -0.39 is 5.41 Å². The number of benzene rings is 2. The van der Waals surface area contributed by atoms with E-state index >= 15 is 0 Å². The van der Waals surface area contributed by atoms with E-state index in [0.717, 1.165) is 11.3 Å². The van der Waals surface area contributed by atoms with Crippen molar-refractivity contribution in [3.05, 3.63) is 60.2 Å². The van der Waals surface area contributed by atoms with E-state index in [4.69, 9.17) is 0 Å². The van der Waals surface area contributed by atoms with Gasteiger partial charge in [0.1, 0.15) is 5.41 Å². The maximum atomic E-state index is 12.5. The van der Waals surface area contributed by atoms with Crippen LogP contribution < -0.4 is 10.6 Å². The molecule has 1 aliphatic rings. The standard InChI is InChI=1S/C18H18N2O2/c1-13-6-5-9-15(12-13)20-17(22)18(10-11-18)16(21)19-14-7-3-2-4-8-14/h2-9,12H,10-11H2,1H3,(H,19,21)(H,20,22). The number of carbonyl (C=O) groups excluding carboxylic acids is 2. The van der Waals surface area contributed by atoms with Gasteiger partial charge in [0, 0.05) is 11.4 Å². The third-order valence-corrected chi connectivity index (χ3v) is 3.93. The molecular formula is C18H18N2O2. The molecule has 0 radical (unpaired) electrons. The van der Waals surface area contributed by atoms with Crippen LogP contribution in [0.15, 0.2) is 54.6 Å². The van der Waals surface area contributed by atoms with Crippen LogP contribution >= 0.6 is 0 Å². The first-order chi connectivity index (χ1) is 10.6. The van der Waals surface area contributed by atoms with Gasteiger partial charge in [-0.1, -0.05) is 30.3 Å². The summed E-state index contributed by atoms with van der Waals surface area (Å²) in [5, 5.41) is 5.68. The lowest BCUT2D eigenvalue weighted by Gasteiger charge is -2.15. The van der Waals surface area contributed by atoms with Crippen molar-refractivity contribution in [2.45, 2.75) is 19.8 Å². The van der Waals surface area contributed by atoms with Crippen LogP contribution in [-0.4, -0.2) is 11.8 Å². The lowest BCUT2D eigenvalue weighted by molar-refractivity contribution is -0.131. The molecule has 112 valence electrons. The highest BCUT2D eigenvalue weighted by atomic mass is 16.2. The third kappa shape index (κ3) is 2.86. The fraction of sp³-hybridized carbons (Fsp3) is 0.222. The molecule has 1 saturated carbocycles. The van der Waals surface area contributed by atoms with Crippen molar-refractivity contribution in [2.24, 2.45) is 5.41 Å². The van der Waals surface area contributed by atoms with Crippen molar-refractivity contribution in [1.29, 1.82) is 0 Å². The van der Waals surface area contributed by atoms with Crippen LogP contribution in [0.1, 0.15) is 18.4 Å². The zero-order valence-electron chi connectivity index (χ0n) is 12.4. The predicted molar refractivity (Wildman–Crippen MR) is 86.5 cm³/mol. The average Bonchev–Trinajstić information content (AvgIpc) is 3.30. The Kier molecular flexibility index (Phi) is 3.67. The van der Waals surface area contributed by atoms with Crippen LogP contribution in [0.25, 0.3) is 0 Å². The minimum atomic E-state index is -0.931. The van der Waals surface area contributed by atoms with Gasteiger partial charge >= 0.3 is 0 Å². The summed E-state index contributed by atoms with van der Waals surface area (Å²) < 4.78 is 0. The molecule has 0 bridgehead atoms. The van der Waals surface area contributed by atoms with E-state index in [0.29, 0.717) is 18.5 Å². The van der Waals surface area contributed by atoms with Crippen LogP contribution in [0, 0.1) is 12.3 Å². The summed E-state index contributed by atoms with van der Waals surface area (Å²) in [4.78, 5) is 24.9. The number of carbonyl (C=O) groups is 2. The second-order valence-electron chi connectivity index (χ2n) is 5.73. The first kappa shape index (κ1) is 14.3. The van der Waals surface area contributed by atoms with E-state index in [1.807, 2.05) is 61.5 Å². The van der Waals surface area contributed by atoms with Crippen LogP contribution in [-0.2, 0) is 9.59 Å². The second-order valence-corrected chi connectivity index (χ2v) is 5.73. The number of para-hydroxylation sites is 1. The van der Waals surface area contributed by atoms with Gasteiger partial charge in [-0.05, 0) is 49.6 Å². The molecule has 2 aromatic carbocycles. The van der Waals surface area contributed by atoms with Crippen molar-refractivity contribution in [2.75, 3.05) is 10.6 Å². The molecule has 1 aliphatic carbocycles. The highest BCUT2D eigenvalue weighted by Gasteiger charge is 2.56. The molecular weight excluding hydrogens is 276 g/mol. The highest BCUT2D eigenvalue weighted by Crippen LogP contribution is 2.47. The number of rotatable bonds is 4. The quantitative estimate of drug-likeness (QED) is 0.850. The molecule has 3 rings (SSSR count). The largest absolute Gasteiger partial charge is 0.325 e. The Morgan fingerprint density at radius 2 is 1.45 bits per heavy atom. The summed E-state index contributed by atoms with van der Waals surface area (Å²) in [6, 6.07) is 16.8. The van der Waals surface area contributed by atoms with E-state index in [-0.39, 0.29) is 11.8 Å². The SMILES string of the molecule is Cc1cccc(NC(=O)C2(C(=O)Nc3ccccc3)CC2)c1. The van der Waals surface area contributed by atoms with Crippen molar-refractivity contribution < 1.29 is 9.59 Å². The molecule has 0 unspecified atom stereocenters. The molecule has 0 heterocycles. The molecule has 0 atom stereocenters. The molecule has 2 aromatic rings. The molecule has 1 fully saturated rings. The summed E-state index contributed by atoms with van der Waals surface area (Å²) in [6.45, 7) is 1.96. The summed E-state index contributed by atoms with van der Waals surface area (Å²) in [7, 11) is 0. The molecule has 4 nitrogen and oxygen atoms in total. The Morgan fingerprint density at radius 1 is 0.864 bits per heavy atom. The van der Waals surface area contributed by atoms with Crippen molar-refractivity contribution in [3.8, 4) is 0 Å². The molecule has 0 aromatic heterocycles. The van der Waals surface area contributed by atoms with Gasteiger partial charge in [-0.2, -0.15) is 0 Å². The van der Waals surface area contributed by atoms with E-state index in [9.17, 15) is 9.59 Å². The first-order valence-corrected chi connectivity index (χ1v) is 7.35. The lowest BCUT2D eigenvalue weighted by Crippen LogP contribution is -2.35. The van der Waals surface area contributed by atoms with Crippen LogP contribution in [0.3, 0.4) is 0 Å². The fourth-order valence-corrected chi connectivity index (χ4v) is 2.43. The van der Waals surface area contributed by atoms with Crippen molar-refractivity contribution >= 4 is 23.2 Å². The number of anilines is 2. The monoisotopic (exact) mass is 294 g/mol. The van der Waals surface area contributed by atoms with Crippen LogP contribution in [0.2, 0.25) is 0 Å². The summed E-state index contributed by atoms with van der Waals surface area (Å²) in [5.41, 5.74) is 1.57. The number of aryl methyl sites for hydroxylation is 1. The van der Waals surface area contributed by atoms with Gasteiger partial charge in [0.2, 0.25) is 11.8 Å². The maximum Gasteiger partial charge on any atom is 0.240 e. The number of nitrogens with one attached hydrogen (secondary N) is 2.